The smallest absolute Gasteiger partial charge is 0.130 e. The van der Waals surface area contributed by atoms with Crippen LogP contribution in [0.2, 0.25) is 0 Å². The third-order valence-electron chi connectivity index (χ3n) is 2.93. The topological polar surface area (TPSA) is 43.8 Å². The van der Waals surface area contributed by atoms with Gasteiger partial charge >= 0.3 is 0 Å². The van der Waals surface area contributed by atoms with Crippen LogP contribution in [0.4, 0.5) is 5.82 Å². The van der Waals surface area contributed by atoms with Crippen LogP contribution in [0.25, 0.3) is 5.69 Å². The molecule has 2 N–H and O–H groups in total. The van der Waals surface area contributed by atoms with E-state index in [2.05, 4.69) is 21.0 Å². The molecule has 0 saturated heterocycles. The Labute approximate surface area is 102 Å². The largest absolute Gasteiger partial charge is 0.383 e. The zero-order valence-corrected chi connectivity index (χ0v) is 10.3. The Kier molecular flexibility index (Phi) is 2.24. The average Bonchev–Trinajstić information content (AvgIpc) is 3.05. The van der Waals surface area contributed by atoms with E-state index in [1.54, 1.807) is 4.68 Å². The van der Waals surface area contributed by atoms with Crippen molar-refractivity contribution in [2.45, 2.75) is 18.8 Å². The number of nitrogens with two attached hydrogens (primary N) is 1. The van der Waals surface area contributed by atoms with Gasteiger partial charge < -0.3 is 5.73 Å². The standard InChI is InChI=1S/C12H12BrN3/c13-10-3-1-2-4-11(10)16-12(14)9(7-15-16)8-5-6-8/h1-4,7-8H,5-6,14H2. The predicted molar refractivity (Wildman–Crippen MR) is 67.7 cm³/mol. The maximum Gasteiger partial charge on any atom is 0.130 e. The van der Waals surface area contributed by atoms with E-state index in [9.17, 15) is 0 Å². The summed E-state index contributed by atoms with van der Waals surface area (Å²) < 4.78 is 2.81. The van der Waals surface area contributed by atoms with Gasteiger partial charge in [0.25, 0.3) is 0 Å². The lowest BCUT2D eigenvalue weighted by Gasteiger charge is -2.06. The van der Waals surface area contributed by atoms with Crippen LogP contribution in [0, 0.1) is 0 Å². The fourth-order valence-corrected chi connectivity index (χ4v) is 2.35. The molecule has 1 aliphatic rings. The number of hydrogen-bond donors (Lipinski definition) is 1. The van der Waals surface area contributed by atoms with Crippen molar-refractivity contribution in [3.05, 3.63) is 40.5 Å². The summed E-state index contributed by atoms with van der Waals surface area (Å²) in [7, 11) is 0. The maximum absolute atomic E-state index is 6.12. The molecule has 1 heterocycles. The number of benzene rings is 1. The van der Waals surface area contributed by atoms with E-state index in [1.807, 2.05) is 30.5 Å². The summed E-state index contributed by atoms with van der Waals surface area (Å²) in [5, 5.41) is 4.37. The molecule has 4 heteroatoms. The first kappa shape index (κ1) is 9.90. The highest BCUT2D eigenvalue weighted by atomic mass is 79.9. The van der Waals surface area contributed by atoms with E-state index in [-0.39, 0.29) is 0 Å². The second-order valence-electron chi connectivity index (χ2n) is 4.12. The second kappa shape index (κ2) is 3.63. The molecule has 1 saturated carbocycles. The minimum absolute atomic E-state index is 0.635. The summed E-state index contributed by atoms with van der Waals surface area (Å²) in [6.45, 7) is 0. The van der Waals surface area contributed by atoms with Crippen molar-refractivity contribution in [2.75, 3.05) is 5.73 Å². The maximum atomic E-state index is 6.12. The molecule has 0 amide bonds. The van der Waals surface area contributed by atoms with Crippen molar-refractivity contribution in [2.24, 2.45) is 0 Å². The summed E-state index contributed by atoms with van der Waals surface area (Å²) in [5.41, 5.74) is 8.31. The lowest BCUT2D eigenvalue weighted by molar-refractivity contribution is 0.886. The summed E-state index contributed by atoms with van der Waals surface area (Å²) in [6, 6.07) is 7.96. The summed E-state index contributed by atoms with van der Waals surface area (Å²) >= 11 is 3.51. The summed E-state index contributed by atoms with van der Waals surface area (Å²) in [5.74, 6) is 1.41. The third kappa shape index (κ3) is 1.53. The highest BCUT2D eigenvalue weighted by Gasteiger charge is 2.28. The van der Waals surface area contributed by atoms with Crippen molar-refractivity contribution >= 4 is 21.7 Å². The molecule has 0 bridgehead atoms. The highest BCUT2D eigenvalue weighted by molar-refractivity contribution is 9.10. The Balaban J connectivity index is 2.10. The number of nitrogens with zero attached hydrogens (tertiary/aromatic N) is 2. The molecule has 1 aliphatic carbocycles. The van der Waals surface area contributed by atoms with E-state index >= 15 is 0 Å². The van der Waals surface area contributed by atoms with E-state index in [1.165, 1.54) is 18.4 Å². The number of para-hydroxylation sites is 1. The van der Waals surface area contributed by atoms with Gasteiger partial charge in [-0.25, -0.2) is 4.68 Å². The van der Waals surface area contributed by atoms with Crippen LogP contribution in [0.3, 0.4) is 0 Å². The normalized spacial score (nSPS) is 15.3. The van der Waals surface area contributed by atoms with Gasteiger partial charge in [0, 0.05) is 10.0 Å². The van der Waals surface area contributed by atoms with Gasteiger partial charge in [0.1, 0.15) is 5.82 Å². The van der Waals surface area contributed by atoms with Crippen LogP contribution in [-0.2, 0) is 0 Å². The summed E-state index contributed by atoms with van der Waals surface area (Å²) in [4.78, 5) is 0. The highest BCUT2D eigenvalue weighted by Crippen LogP contribution is 2.43. The van der Waals surface area contributed by atoms with Crippen molar-refractivity contribution in [3.8, 4) is 5.69 Å². The molecule has 0 atom stereocenters. The Morgan fingerprint density at radius 3 is 2.75 bits per heavy atom. The first-order valence-corrected chi connectivity index (χ1v) is 6.15. The Bertz CT molecular complexity index is 529. The van der Waals surface area contributed by atoms with Gasteiger partial charge in [-0.15, -0.1) is 0 Å². The first-order valence-electron chi connectivity index (χ1n) is 5.35. The first-order chi connectivity index (χ1) is 7.77. The zero-order valence-electron chi connectivity index (χ0n) is 8.73. The van der Waals surface area contributed by atoms with Crippen molar-refractivity contribution in [3.63, 3.8) is 0 Å². The molecule has 1 aromatic heterocycles. The molecule has 2 aromatic rings. The molecule has 1 aromatic carbocycles. The second-order valence-corrected chi connectivity index (χ2v) is 4.98. The molecule has 0 radical (unpaired) electrons. The molecular weight excluding hydrogens is 266 g/mol. The SMILES string of the molecule is Nc1c(C2CC2)cnn1-c1ccccc1Br. The van der Waals surface area contributed by atoms with Gasteiger partial charge in [0.15, 0.2) is 0 Å². The number of nitrogen functional groups attached to an aromatic ring is 1. The molecule has 16 heavy (non-hydrogen) atoms. The van der Waals surface area contributed by atoms with Crippen molar-refractivity contribution in [1.29, 1.82) is 0 Å². The average molecular weight is 278 g/mol. The molecular formula is C12H12BrN3. The number of halogens is 1. The van der Waals surface area contributed by atoms with Crippen LogP contribution >= 0.6 is 15.9 Å². The molecule has 0 spiro atoms. The minimum atomic E-state index is 0.635. The molecule has 3 nitrogen and oxygen atoms in total. The molecule has 82 valence electrons. The lowest BCUT2D eigenvalue weighted by atomic mass is 10.2. The third-order valence-corrected chi connectivity index (χ3v) is 3.60. The molecule has 1 fully saturated rings. The molecule has 3 rings (SSSR count). The fraction of sp³-hybridized carbons (Fsp3) is 0.250. The fourth-order valence-electron chi connectivity index (χ4n) is 1.89. The predicted octanol–water partition coefficient (Wildman–Crippen LogP) is 3.09. The number of anilines is 1. The van der Waals surface area contributed by atoms with Gasteiger partial charge in [-0.3, -0.25) is 0 Å². The number of rotatable bonds is 2. The van der Waals surface area contributed by atoms with Gasteiger partial charge in [-0.1, -0.05) is 12.1 Å². The quantitative estimate of drug-likeness (QED) is 0.917. The van der Waals surface area contributed by atoms with Crippen molar-refractivity contribution < 1.29 is 0 Å². The number of aromatic nitrogens is 2. The lowest BCUT2D eigenvalue weighted by Crippen LogP contribution is -2.03. The minimum Gasteiger partial charge on any atom is -0.383 e. The molecule has 0 unspecified atom stereocenters. The van der Waals surface area contributed by atoms with Crippen LogP contribution in [0.1, 0.15) is 24.3 Å². The van der Waals surface area contributed by atoms with Crippen LogP contribution < -0.4 is 5.73 Å². The van der Waals surface area contributed by atoms with E-state index in [4.69, 9.17) is 5.73 Å². The Hall–Kier alpha value is -1.29. The van der Waals surface area contributed by atoms with E-state index < -0.39 is 0 Å². The summed E-state index contributed by atoms with van der Waals surface area (Å²) in [6.07, 6.45) is 4.38. The van der Waals surface area contributed by atoms with E-state index in [0.29, 0.717) is 5.92 Å². The van der Waals surface area contributed by atoms with Crippen LogP contribution in [0.15, 0.2) is 34.9 Å². The van der Waals surface area contributed by atoms with Gasteiger partial charge in [0.2, 0.25) is 0 Å². The van der Waals surface area contributed by atoms with Crippen LogP contribution in [-0.4, -0.2) is 9.78 Å². The Morgan fingerprint density at radius 1 is 1.31 bits per heavy atom. The van der Waals surface area contributed by atoms with E-state index in [0.717, 1.165) is 16.0 Å². The zero-order chi connectivity index (χ0) is 11.1. The van der Waals surface area contributed by atoms with Gasteiger partial charge in [0.05, 0.1) is 11.9 Å². The monoisotopic (exact) mass is 277 g/mol. The van der Waals surface area contributed by atoms with Gasteiger partial charge in [-0.2, -0.15) is 5.10 Å². The van der Waals surface area contributed by atoms with Crippen LogP contribution in [0.5, 0.6) is 0 Å². The van der Waals surface area contributed by atoms with Gasteiger partial charge in [-0.05, 0) is 46.8 Å². The van der Waals surface area contributed by atoms with Crippen molar-refractivity contribution in [1.82, 2.24) is 9.78 Å². The number of hydrogen-bond acceptors (Lipinski definition) is 2. The Morgan fingerprint density at radius 2 is 2.06 bits per heavy atom. The molecule has 0 aliphatic heterocycles.